The molecule has 2 heterocycles. The second-order valence-corrected chi connectivity index (χ2v) is 4.24. The second-order valence-electron chi connectivity index (χ2n) is 3.32. The minimum atomic E-state index is -0.882. The summed E-state index contributed by atoms with van der Waals surface area (Å²) < 4.78 is 0. The molecular weight excluding hydrogens is 210 g/mol. The fraction of sp³-hybridized carbons (Fsp3) is 0. The van der Waals surface area contributed by atoms with E-state index < -0.39 is 5.97 Å². The molecule has 0 saturated carbocycles. The number of carboxylic acids is 1. The van der Waals surface area contributed by atoms with Gasteiger partial charge in [0.2, 0.25) is 0 Å². The van der Waals surface area contributed by atoms with Crippen molar-refractivity contribution in [3.05, 3.63) is 35.2 Å². The zero-order valence-corrected chi connectivity index (χ0v) is 8.47. The number of carboxylic acid groups (broad SMARTS) is 1. The molecule has 0 saturated heterocycles. The number of H-pyrrole nitrogens is 1. The van der Waals surface area contributed by atoms with Crippen molar-refractivity contribution in [2.75, 3.05) is 0 Å². The molecule has 1 aromatic carbocycles. The molecule has 0 bridgehead atoms. The lowest BCUT2D eigenvalue weighted by atomic mass is 10.1. The molecule has 2 N–H and O–H groups in total. The van der Waals surface area contributed by atoms with Crippen molar-refractivity contribution >= 4 is 38.4 Å². The molecule has 0 unspecified atom stereocenters. The van der Waals surface area contributed by atoms with E-state index in [0.717, 1.165) is 21.1 Å². The van der Waals surface area contributed by atoms with Gasteiger partial charge in [-0.1, -0.05) is 6.07 Å². The molecule has 2 aromatic heterocycles. The van der Waals surface area contributed by atoms with Crippen LogP contribution in [-0.4, -0.2) is 16.1 Å². The van der Waals surface area contributed by atoms with Crippen LogP contribution in [0.1, 0.15) is 10.4 Å². The summed E-state index contributed by atoms with van der Waals surface area (Å²) in [5.74, 6) is -0.882. The molecule has 0 radical (unpaired) electrons. The second kappa shape index (κ2) is 2.84. The summed E-state index contributed by atoms with van der Waals surface area (Å²) in [6.07, 6.45) is 0. The summed E-state index contributed by atoms with van der Waals surface area (Å²) in [4.78, 5) is 15.3. The zero-order valence-electron chi connectivity index (χ0n) is 7.65. The molecule has 0 aliphatic rings. The first-order chi connectivity index (χ1) is 7.27. The minimum absolute atomic E-state index is 0.358. The summed E-state index contributed by atoms with van der Waals surface area (Å²) in [6, 6.07) is 7.24. The Labute approximate surface area is 89.0 Å². The van der Waals surface area contributed by atoms with Crippen molar-refractivity contribution in [1.29, 1.82) is 0 Å². The molecule has 74 valence electrons. The first kappa shape index (κ1) is 8.49. The fourth-order valence-electron chi connectivity index (χ4n) is 1.85. The van der Waals surface area contributed by atoms with Gasteiger partial charge in [-0.15, -0.1) is 11.3 Å². The van der Waals surface area contributed by atoms with Crippen LogP contribution in [0.5, 0.6) is 0 Å². The lowest BCUT2D eigenvalue weighted by molar-refractivity contribution is 0.0699. The Morgan fingerprint density at radius 3 is 3.00 bits per heavy atom. The molecule has 0 atom stereocenters. The number of aromatic amines is 1. The van der Waals surface area contributed by atoms with Crippen LogP contribution in [0.25, 0.3) is 21.1 Å². The fourth-order valence-corrected chi connectivity index (χ4v) is 2.66. The Morgan fingerprint density at radius 1 is 1.33 bits per heavy atom. The van der Waals surface area contributed by atoms with E-state index in [1.807, 2.05) is 17.5 Å². The van der Waals surface area contributed by atoms with Crippen LogP contribution in [0.15, 0.2) is 29.6 Å². The van der Waals surface area contributed by atoms with Gasteiger partial charge in [0.25, 0.3) is 0 Å². The molecule has 0 aliphatic carbocycles. The highest BCUT2D eigenvalue weighted by atomic mass is 32.1. The summed E-state index contributed by atoms with van der Waals surface area (Å²) in [5.41, 5.74) is 1.24. The van der Waals surface area contributed by atoms with Crippen molar-refractivity contribution < 1.29 is 9.90 Å². The SMILES string of the molecule is O=C(O)c1cccc2[nH]c3sccc3c12. The van der Waals surface area contributed by atoms with Gasteiger partial charge in [0.05, 0.1) is 5.56 Å². The van der Waals surface area contributed by atoms with Crippen molar-refractivity contribution in [2.45, 2.75) is 0 Å². The highest BCUT2D eigenvalue weighted by Crippen LogP contribution is 2.31. The van der Waals surface area contributed by atoms with Crippen molar-refractivity contribution in [3.8, 4) is 0 Å². The van der Waals surface area contributed by atoms with Crippen LogP contribution in [0.4, 0.5) is 0 Å². The number of thiophene rings is 1. The van der Waals surface area contributed by atoms with Gasteiger partial charge in [-0.25, -0.2) is 4.79 Å². The van der Waals surface area contributed by atoms with E-state index in [-0.39, 0.29) is 0 Å². The first-order valence-electron chi connectivity index (χ1n) is 4.48. The van der Waals surface area contributed by atoms with Gasteiger partial charge in [0.15, 0.2) is 0 Å². The molecule has 3 nitrogen and oxygen atoms in total. The van der Waals surface area contributed by atoms with Gasteiger partial charge in [-0.3, -0.25) is 0 Å². The van der Waals surface area contributed by atoms with Crippen LogP contribution in [0.2, 0.25) is 0 Å². The van der Waals surface area contributed by atoms with E-state index in [0.29, 0.717) is 5.56 Å². The maximum atomic E-state index is 11.1. The quantitative estimate of drug-likeness (QED) is 0.658. The first-order valence-corrected chi connectivity index (χ1v) is 5.36. The van der Waals surface area contributed by atoms with E-state index in [4.69, 9.17) is 5.11 Å². The minimum Gasteiger partial charge on any atom is -0.478 e. The molecule has 3 aromatic rings. The third kappa shape index (κ3) is 1.08. The summed E-state index contributed by atoms with van der Waals surface area (Å²) in [5, 5.41) is 12.8. The zero-order chi connectivity index (χ0) is 10.4. The predicted octanol–water partition coefficient (Wildman–Crippen LogP) is 3.08. The molecule has 4 heteroatoms. The predicted molar refractivity (Wildman–Crippen MR) is 60.6 cm³/mol. The average Bonchev–Trinajstić information content (AvgIpc) is 2.75. The standard InChI is InChI=1S/C11H7NO2S/c13-11(14)7-2-1-3-8-9(7)6-4-5-15-10(6)12-8/h1-5,12H,(H,13,14). The Bertz CT molecular complexity index is 665. The highest BCUT2D eigenvalue weighted by molar-refractivity contribution is 7.17. The summed E-state index contributed by atoms with van der Waals surface area (Å²) >= 11 is 1.58. The number of nitrogens with one attached hydrogen (secondary N) is 1. The van der Waals surface area contributed by atoms with Crippen LogP contribution in [-0.2, 0) is 0 Å². The van der Waals surface area contributed by atoms with E-state index >= 15 is 0 Å². The monoisotopic (exact) mass is 217 g/mol. The van der Waals surface area contributed by atoms with Crippen LogP contribution >= 0.6 is 11.3 Å². The maximum Gasteiger partial charge on any atom is 0.336 e. The molecule has 3 rings (SSSR count). The van der Waals surface area contributed by atoms with Gasteiger partial charge in [-0.2, -0.15) is 0 Å². The Balaban J connectivity index is 2.58. The normalized spacial score (nSPS) is 11.2. The van der Waals surface area contributed by atoms with Gasteiger partial charge < -0.3 is 10.1 Å². The number of hydrogen-bond acceptors (Lipinski definition) is 2. The number of rotatable bonds is 1. The summed E-state index contributed by atoms with van der Waals surface area (Å²) in [7, 11) is 0. The van der Waals surface area contributed by atoms with Gasteiger partial charge in [-0.05, 0) is 23.6 Å². The lowest BCUT2D eigenvalue weighted by Crippen LogP contribution is -1.95. The van der Waals surface area contributed by atoms with Gasteiger partial charge >= 0.3 is 5.97 Å². The van der Waals surface area contributed by atoms with E-state index in [2.05, 4.69) is 4.98 Å². The molecule has 0 fully saturated rings. The third-order valence-corrected chi connectivity index (χ3v) is 3.31. The molecule has 0 aliphatic heterocycles. The number of carbonyl (C=O) groups is 1. The van der Waals surface area contributed by atoms with E-state index in [1.54, 1.807) is 23.5 Å². The topological polar surface area (TPSA) is 53.1 Å². The largest absolute Gasteiger partial charge is 0.478 e. The van der Waals surface area contributed by atoms with Crippen molar-refractivity contribution in [3.63, 3.8) is 0 Å². The van der Waals surface area contributed by atoms with E-state index in [9.17, 15) is 4.79 Å². The number of fused-ring (bicyclic) bond motifs is 3. The van der Waals surface area contributed by atoms with Crippen LogP contribution in [0.3, 0.4) is 0 Å². The summed E-state index contributed by atoms with van der Waals surface area (Å²) in [6.45, 7) is 0. The maximum absolute atomic E-state index is 11.1. The lowest BCUT2D eigenvalue weighted by Gasteiger charge is -1.96. The molecule has 0 amide bonds. The van der Waals surface area contributed by atoms with Gasteiger partial charge in [0, 0.05) is 16.3 Å². The number of aromatic nitrogens is 1. The third-order valence-electron chi connectivity index (χ3n) is 2.48. The molecular formula is C11H7NO2S. The van der Waals surface area contributed by atoms with Crippen LogP contribution in [0, 0.1) is 0 Å². The number of aromatic carboxylic acids is 1. The Morgan fingerprint density at radius 2 is 2.20 bits per heavy atom. The van der Waals surface area contributed by atoms with Crippen molar-refractivity contribution in [1.82, 2.24) is 4.98 Å². The average molecular weight is 217 g/mol. The number of hydrogen-bond donors (Lipinski definition) is 2. The highest BCUT2D eigenvalue weighted by Gasteiger charge is 2.13. The van der Waals surface area contributed by atoms with Crippen molar-refractivity contribution in [2.24, 2.45) is 0 Å². The molecule has 0 spiro atoms. The van der Waals surface area contributed by atoms with Gasteiger partial charge in [0.1, 0.15) is 4.83 Å². The molecule has 15 heavy (non-hydrogen) atoms. The smallest absolute Gasteiger partial charge is 0.336 e. The Kier molecular flexibility index (Phi) is 1.61. The number of benzene rings is 1. The Hall–Kier alpha value is -1.81. The van der Waals surface area contributed by atoms with Crippen LogP contribution < -0.4 is 0 Å². The van der Waals surface area contributed by atoms with E-state index in [1.165, 1.54) is 0 Å².